The fourth-order valence-electron chi connectivity index (χ4n) is 1.76. The summed E-state index contributed by atoms with van der Waals surface area (Å²) in [5, 5.41) is 8.69. The van der Waals surface area contributed by atoms with E-state index in [0.717, 1.165) is 17.1 Å². The third-order valence-corrected chi connectivity index (χ3v) is 3.67. The Balaban J connectivity index is 2.75. The average Bonchev–Trinajstić information content (AvgIpc) is 2.65. The number of aromatic amines is 1. The van der Waals surface area contributed by atoms with E-state index in [1.165, 1.54) is 11.3 Å². The van der Waals surface area contributed by atoms with Gasteiger partial charge in [-0.1, -0.05) is 32.1 Å². The molecule has 1 rings (SSSR count). The third-order valence-electron chi connectivity index (χ3n) is 2.79. The van der Waals surface area contributed by atoms with Crippen LogP contribution < -0.4 is 4.87 Å². The Bertz CT molecular complexity index is 450. The molecule has 0 fully saturated rings. The molecule has 0 unspecified atom stereocenters. The molecule has 0 aromatic carbocycles. The second kappa shape index (κ2) is 6.70. The van der Waals surface area contributed by atoms with E-state index in [4.69, 9.17) is 5.11 Å². The maximum absolute atomic E-state index is 11.4. The van der Waals surface area contributed by atoms with Gasteiger partial charge in [0.2, 0.25) is 0 Å². The number of H-pyrrole nitrogens is 1. The van der Waals surface area contributed by atoms with Crippen LogP contribution in [0, 0.1) is 0 Å². The highest BCUT2D eigenvalue weighted by Crippen LogP contribution is 2.20. The molecule has 1 heterocycles. The quantitative estimate of drug-likeness (QED) is 0.794. The van der Waals surface area contributed by atoms with E-state index in [1.54, 1.807) is 0 Å². The third kappa shape index (κ3) is 4.27. The summed E-state index contributed by atoms with van der Waals surface area (Å²) in [5.41, 5.74) is 0.971. The number of nitrogens with one attached hydrogen (secondary N) is 1. The first kappa shape index (κ1) is 14.9. The molecule has 18 heavy (non-hydrogen) atoms. The van der Waals surface area contributed by atoms with Crippen LogP contribution in [-0.2, 0) is 11.3 Å². The monoisotopic (exact) mass is 272 g/mol. The number of carbonyl (C=O) groups is 1. The van der Waals surface area contributed by atoms with Crippen LogP contribution in [0.2, 0.25) is 0 Å². The molecule has 1 aromatic rings. The van der Waals surface area contributed by atoms with Gasteiger partial charge >= 0.3 is 10.8 Å². The zero-order valence-corrected chi connectivity index (χ0v) is 11.8. The van der Waals surface area contributed by atoms with Crippen LogP contribution in [0.25, 0.3) is 0 Å². The number of carboxylic acids is 1. The number of rotatable bonds is 7. The van der Waals surface area contributed by atoms with E-state index in [0.29, 0.717) is 13.1 Å². The van der Waals surface area contributed by atoms with Crippen LogP contribution in [-0.4, -0.2) is 34.0 Å². The Morgan fingerprint density at radius 1 is 1.50 bits per heavy atom. The van der Waals surface area contributed by atoms with Crippen molar-refractivity contribution in [3.8, 4) is 0 Å². The van der Waals surface area contributed by atoms with Crippen LogP contribution >= 0.6 is 11.3 Å². The predicted octanol–water partition coefficient (Wildman–Crippen LogP) is 1.86. The van der Waals surface area contributed by atoms with E-state index in [-0.39, 0.29) is 17.2 Å². The molecule has 0 bridgehead atoms. The van der Waals surface area contributed by atoms with Crippen molar-refractivity contribution < 1.29 is 9.90 Å². The smallest absolute Gasteiger partial charge is 0.304 e. The van der Waals surface area contributed by atoms with Gasteiger partial charge in [-0.3, -0.25) is 14.5 Å². The zero-order chi connectivity index (χ0) is 13.7. The first-order chi connectivity index (χ1) is 8.43. The van der Waals surface area contributed by atoms with Gasteiger partial charge in [-0.15, -0.1) is 0 Å². The SMILES string of the molecule is CCN(CCC(=O)O)Cc1sc(=O)[nH]c1C(C)C. The van der Waals surface area contributed by atoms with Crippen LogP contribution in [0.4, 0.5) is 0 Å². The molecule has 2 N–H and O–H groups in total. The second-order valence-corrected chi connectivity index (χ2v) is 5.59. The number of thiazole rings is 1. The predicted molar refractivity (Wildman–Crippen MR) is 72.2 cm³/mol. The van der Waals surface area contributed by atoms with E-state index in [9.17, 15) is 9.59 Å². The van der Waals surface area contributed by atoms with E-state index < -0.39 is 5.97 Å². The summed E-state index contributed by atoms with van der Waals surface area (Å²) in [5.74, 6) is -0.517. The summed E-state index contributed by atoms with van der Waals surface area (Å²) < 4.78 is 0. The molecule has 0 radical (unpaired) electrons. The van der Waals surface area contributed by atoms with Crippen molar-refractivity contribution in [2.45, 2.75) is 39.7 Å². The van der Waals surface area contributed by atoms with E-state index in [2.05, 4.69) is 4.98 Å². The molecule has 0 amide bonds. The topological polar surface area (TPSA) is 73.4 Å². The van der Waals surface area contributed by atoms with Crippen LogP contribution in [0.3, 0.4) is 0 Å². The molecule has 0 saturated heterocycles. The number of hydrogen-bond donors (Lipinski definition) is 2. The van der Waals surface area contributed by atoms with Gasteiger partial charge in [-0.2, -0.15) is 0 Å². The lowest BCUT2D eigenvalue weighted by Gasteiger charge is -2.19. The molecular weight excluding hydrogens is 252 g/mol. The Kier molecular flexibility index (Phi) is 5.55. The molecule has 5 nitrogen and oxygen atoms in total. The van der Waals surface area contributed by atoms with Gasteiger partial charge in [-0.25, -0.2) is 0 Å². The Morgan fingerprint density at radius 3 is 2.67 bits per heavy atom. The second-order valence-electron chi connectivity index (χ2n) is 4.52. The highest BCUT2D eigenvalue weighted by atomic mass is 32.1. The van der Waals surface area contributed by atoms with Crippen LogP contribution in [0.15, 0.2) is 4.79 Å². The first-order valence-electron chi connectivity index (χ1n) is 6.10. The molecule has 0 atom stereocenters. The minimum atomic E-state index is -0.792. The number of aromatic nitrogens is 1. The minimum Gasteiger partial charge on any atom is -0.481 e. The van der Waals surface area contributed by atoms with Gasteiger partial charge in [-0.05, 0) is 12.5 Å². The van der Waals surface area contributed by atoms with Gasteiger partial charge in [0.15, 0.2) is 0 Å². The maximum Gasteiger partial charge on any atom is 0.304 e. The lowest BCUT2D eigenvalue weighted by Crippen LogP contribution is -2.25. The molecule has 0 spiro atoms. The van der Waals surface area contributed by atoms with E-state index in [1.807, 2.05) is 25.7 Å². The largest absolute Gasteiger partial charge is 0.481 e. The van der Waals surface area contributed by atoms with Crippen molar-refractivity contribution in [3.05, 3.63) is 20.2 Å². The summed E-state index contributed by atoms with van der Waals surface area (Å²) in [6, 6.07) is 0. The fourth-order valence-corrected chi connectivity index (χ4v) is 2.79. The molecule has 102 valence electrons. The van der Waals surface area contributed by atoms with Crippen molar-refractivity contribution in [1.29, 1.82) is 0 Å². The minimum absolute atomic E-state index is 0.0389. The summed E-state index contributed by atoms with van der Waals surface area (Å²) in [7, 11) is 0. The molecule has 0 aliphatic carbocycles. The van der Waals surface area contributed by atoms with Gasteiger partial charge in [0.05, 0.1) is 6.42 Å². The van der Waals surface area contributed by atoms with Crippen molar-refractivity contribution in [2.24, 2.45) is 0 Å². The highest BCUT2D eigenvalue weighted by Gasteiger charge is 2.14. The van der Waals surface area contributed by atoms with Crippen LogP contribution in [0.5, 0.6) is 0 Å². The summed E-state index contributed by atoms with van der Waals surface area (Å²) in [6.07, 6.45) is 0.129. The molecular formula is C12H20N2O3S. The summed E-state index contributed by atoms with van der Waals surface area (Å²) in [6.45, 7) is 7.99. The van der Waals surface area contributed by atoms with Crippen molar-refractivity contribution in [3.63, 3.8) is 0 Å². The first-order valence-corrected chi connectivity index (χ1v) is 6.91. The molecule has 0 aliphatic rings. The number of aliphatic carboxylic acids is 1. The number of nitrogens with zero attached hydrogens (tertiary/aromatic N) is 1. The Hall–Kier alpha value is -1.14. The van der Waals surface area contributed by atoms with Gasteiger partial charge in [0.1, 0.15) is 0 Å². The Labute approximate surface area is 110 Å². The van der Waals surface area contributed by atoms with Gasteiger partial charge in [0.25, 0.3) is 0 Å². The zero-order valence-electron chi connectivity index (χ0n) is 11.0. The van der Waals surface area contributed by atoms with Gasteiger partial charge < -0.3 is 10.1 Å². The summed E-state index contributed by atoms with van der Waals surface area (Å²) >= 11 is 1.22. The fraction of sp³-hybridized carbons (Fsp3) is 0.667. The maximum atomic E-state index is 11.4. The number of carboxylic acid groups (broad SMARTS) is 1. The molecule has 0 saturated carbocycles. The average molecular weight is 272 g/mol. The lowest BCUT2D eigenvalue weighted by molar-refractivity contribution is -0.137. The molecule has 1 aromatic heterocycles. The highest BCUT2D eigenvalue weighted by molar-refractivity contribution is 7.09. The molecule has 6 heteroatoms. The lowest BCUT2D eigenvalue weighted by atomic mass is 10.1. The van der Waals surface area contributed by atoms with Crippen LogP contribution in [0.1, 0.15) is 43.7 Å². The van der Waals surface area contributed by atoms with E-state index >= 15 is 0 Å². The van der Waals surface area contributed by atoms with Crippen molar-refractivity contribution >= 4 is 17.3 Å². The summed E-state index contributed by atoms with van der Waals surface area (Å²) in [4.78, 5) is 27.8. The Morgan fingerprint density at radius 2 is 2.17 bits per heavy atom. The molecule has 0 aliphatic heterocycles. The van der Waals surface area contributed by atoms with Crippen molar-refractivity contribution in [2.75, 3.05) is 13.1 Å². The normalized spacial score (nSPS) is 11.4. The standard InChI is InChI=1S/C12H20N2O3S/c1-4-14(6-5-10(15)16)7-9-11(8(2)3)13-12(17)18-9/h8H,4-7H2,1-3H3,(H,13,17)(H,15,16). The van der Waals surface area contributed by atoms with Gasteiger partial charge in [0, 0.05) is 23.7 Å². The number of hydrogen-bond acceptors (Lipinski definition) is 4. The van der Waals surface area contributed by atoms with Crippen molar-refractivity contribution in [1.82, 2.24) is 9.88 Å².